The Hall–Kier alpha value is -2.38. The van der Waals surface area contributed by atoms with Gasteiger partial charge in [0.05, 0.1) is 24.9 Å². The van der Waals surface area contributed by atoms with Crippen molar-refractivity contribution in [2.24, 2.45) is 4.99 Å². The van der Waals surface area contributed by atoms with Crippen molar-refractivity contribution in [2.75, 3.05) is 20.3 Å². The van der Waals surface area contributed by atoms with Crippen LogP contribution in [0.4, 0.5) is 0 Å². The lowest BCUT2D eigenvalue weighted by Crippen LogP contribution is -2.36. The Labute approximate surface area is 172 Å². The number of aromatic nitrogens is 1. The van der Waals surface area contributed by atoms with Gasteiger partial charge in [-0.1, -0.05) is 43.3 Å². The topological polar surface area (TPSA) is 80.9 Å². The van der Waals surface area contributed by atoms with Crippen LogP contribution in [0.2, 0.25) is 0 Å². The zero-order chi connectivity index (χ0) is 20.5. The molecule has 0 bridgehead atoms. The fraction of sp³-hybridized carbons (Fsp3) is 0.545. The van der Waals surface area contributed by atoms with Gasteiger partial charge in [0, 0.05) is 32.9 Å². The van der Waals surface area contributed by atoms with Crippen LogP contribution in [-0.2, 0) is 29.2 Å². The van der Waals surface area contributed by atoms with Crippen molar-refractivity contribution in [3.63, 3.8) is 0 Å². The molecule has 0 atom stereocenters. The number of aliphatic imine (C=N–C) groups is 1. The van der Waals surface area contributed by atoms with Crippen LogP contribution < -0.4 is 10.6 Å². The molecule has 0 aliphatic carbocycles. The summed E-state index contributed by atoms with van der Waals surface area (Å²) in [6.45, 7) is 7.64. The molecule has 2 N–H and O–H groups in total. The second kappa shape index (κ2) is 11.0. The average Bonchev–Trinajstić information content (AvgIpc) is 3.23. The molecule has 1 fully saturated rings. The minimum atomic E-state index is 0.306. The summed E-state index contributed by atoms with van der Waals surface area (Å²) in [6.07, 6.45) is 2.26. The van der Waals surface area contributed by atoms with E-state index < -0.39 is 0 Å². The molecule has 158 valence electrons. The van der Waals surface area contributed by atoms with Gasteiger partial charge < -0.3 is 24.6 Å². The Morgan fingerprint density at radius 2 is 1.93 bits per heavy atom. The highest BCUT2D eigenvalue weighted by molar-refractivity contribution is 5.79. The van der Waals surface area contributed by atoms with E-state index in [2.05, 4.69) is 58.9 Å². The largest absolute Gasteiger partial charge is 0.381 e. The van der Waals surface area contributed by atoms with Crippen LogP contribution in [0.5, 0.6) is 0 Å². The van der Waals surface area contributed by atoms with Crippen molar-refractivity contribution in [1.29, 1.82) is 0 Å². The van der Waals surface area contributed by atoms with E-state index in [0.29, 0.717) is 31.7 Å². The standard InChI is InChI=1S/C22H32N4O3/c1-16(2)21-12-20(29-26-21)14-25-22(23-3)24-13-17-5-4-6-18(11-17)15-28-19-7-9-27-10-8-19/h4-6,11-12,16,19H,7-10,13-15H2,1-3H3,(H2,23,24,25). The maximum atomic E-state index is 6.02. The summed E-state index contributed by atoms with van der Waals surface area (Å²) in [5.41, 5.74) is 3.33. The first-order valence-electron chi connectivity index (χ1n) is 10.3. The molecule has 7 nitrogen and oxygen atoms in total. The average molecular weight is 401 g/mol. The van der Waals surface area contributed by atoms with Gasteiger partial charge in [0.2, 0.25) is 0 Å². The number of hydrogen-bond acceptors (Lipinski definition) is 5. The number of nitrogens with one attached hydrogen (secondary N) is 2. The Morgan fingerprint density at radius 1 is 1.17 bits per heavy atom. The number of benzene rings is 1. The van der Waals surface area contributed by atoms with Gasteiger partial charge in [0.25, 0.3) is 0 Å². The monoisotopic (exact) mass is 400 g/mol. The van der Waals surface area contributed by atoms with Gasteiger partial charge in [-0.15, -0.1) is 0 Å². The number of ether oxygens (including phenoxy) is 2. The summed E-state index contributed by atoms with van der Waals surface area (Å²) >= 11 is 0. The van der Waals surface area contributed by atoms with Crippen molar-refractivity contribution < 1.29 is 14.0 Å². The molecular formula is C22H32N4O3. The molecule has 1 aromatic heterocycles. The van der Waals surface area contributed by atoms with E-state index in [1.165, 1.54) is 11.1 Å². The Kier molecular flexibility index (Phi) is 8.07. The molecule has 1 aliphatic heterocycles. The molecule has 7 heteroatoms. The quantitative estimate of drug-likeness (QED) is 0.522. The van der Waals surface area contributed by atoms with Gasteiger partial charge in [0.1, 0.15) is 0 Å². The maximum absolute atomic E-state index is 6.02. The van der Waals surface area contributed by atoms with Crippen LogP contribution in [0.1, 0.15) is 55.2 Å². The maximum Gasteiger partial charge on any atom is 0.191 e. The first-order valence-corrected chi connectivity index (χ1v) is 10.3. The van der Waals surface area contributed by atoms with E-state index in [0.717, 1.165) is 43.5 Å². The van der Waals surface area contributed by atoms with Crippen molar-refractivity contribution >= 4 is 5.96 Å². The Bertz CT molecular complexity index is 782. The van der Waals surface area contributed by atoms with Gasteiger partial charge in [0.15, 0.2) is 11.7 Å². The molecule has 2 aromatic rings. The third-order valence-corrected chi connectivity index (χ3v) is 4.93. The lowest BCUT2D eigenvalue weighted by atomic mass is 10.1. The van der Waals surface area contributed by atoms with Gasteiger partial charge in [-0.05, 0) is 29.9 Å². The van der Waals surface area contributed by atoms with Crippen LogP contribution in [0.15, 0.2) is 39.8 Å². The van der Waals surface area contributed by atoms with Crippen LogP contribution >= 0.6 is 0 Å². The van der Waals surface area contributed by atoms with E-state index >= 15 is 0 Å². The first-order chi connectivity index (χ1) is 14.1. The molecule has 1 aliphatic rings. The van der Waals surface area contributed by atoms with Gasteiger partial charge >= 0.3 is 0 Å². The van der Waals surface area contributed by atoms with E-state index in [1.807, 2.05) is 6.07 Å². The highest BCUT2D eigenvalue weighted by Crippen LogP contribution is 2.15. The third kappa shape index (κ3) is 6.87. The molecule has 0 radical (unpaired) electrons. The minimum Gasteiger partial charge on any atom is -0.381 e. The molecule has 0 amide bonds. The summed E-state index contributed by atoms with van der Waals surface area (Å²) in [6, 6.07) is 10.4. The van der Waals surface area contributed by atoms with Crippen LogP contribution in [0.3, 0.4) is 0 Å². The Balaban J connectivity index is 1.44. The SMILES string of the molecule is CN=C(NCc1cccc(COC2CCOCC2)c1)NCc1cc(C(C)C)no1. The van der Waals surface area contributed by atoms with Crippen molar-refractivity contribution in [2.45, 2.75) is 58.4 Å². The molecule has 1 aromatic carbocycles. The van der Waals surface area contributed by atoms with E-state index in [4.69, 9.17) is 14.0 Å². The minimum absolute atomic E-state index is 0.306. The van der Waals surface area contributed by atoms with Crippen molar-refractivity contribution in [3.8, 4) is 0 Å². The summed E-state index contributed by atoms with van der Waals surface area (Å²) in [5.74, 6) is 1.87. The molecule has 1 saturated heterocycles. The van der Waals surface area contributed by atoms with E-state index in [9.17, 15) is 0 Å². The zero-order valence-corrected chi connectivity index (χ0v) is 17.6. The summed E-state index contributed by atoms with van der Waals surface area (Å²) in [7, 11) is 1.76. The van der Waals surface area contributed by atoms with E-state index in [-0.39, 0.29) is 0 Å². The van der Waals surface area contributed by atoms with E-state index in [1.54, 1.807) is 7.05 Å². The summed E-state index contributed by atoms with van der Waals surface area (Å²) in [4.78, 5) is 4.28. The first kappa shape index (κ1) is 21.3. The number of nitrogens with zero attached hydrogens (tertiary/aromatic N) is 2. The zero-order valence-electron chi connectivity index (χ0n) is 17.6. The van der Waals surface area contributed by atoms with Crippen LogP contribution in [0, 0.1) is 0 Å². The fourth-order valence-corrected chi connectivity index (χ4v) is 3.15. The summed E-state index contributed by atoms with van der Waals surface area (Å²) in [5, 5.41) is 10.7. The molecule has 0 saturated carbocycles. The fourth-order valence-electron chi connectivity index (χ4n) is 3.15. The molecule has 29 heavy (non-hydrogen) atoms. The lowest BCUT2D eigenvalue weighted by molar-refractivity contribution is -0.0390. The van der Waals surface area contributed by atoms with Gasteiger partial charge in [-0.3, -0.25) is 4.99 Å². The van der Waals surface area contributed by atoms with Crippen molar-refractivity contribution in [3.05, 3.63) is 52.9 Å². The normalized spacial score (nSPS) is 15.7. The lowest BCUT2D eigenvalue weighted by Gasteiger charge is -2.22. The smallest absolute Gasteiger partial charge is 0.191 e. The predicted octanol–water partition coefficient (Wildman–Crippen LogP) is 3.36. The molecule has 2 heterocycles. The molecule has 3 rings (SSSR count). The number of rotatable bonds is 8. The second-order valence-corrected chi connectivity index (χ2v) is 7.59. The van der Waals surface area contributed by atoms with Crippen LogP contribution in [-0.4, -0.2) is 37.5 Å². The molecular weight excluding hydrogens is 368 g/mol. The molecule has 0 spiro atoms. The predicted molar refractivity (Wildman–Crippen MR) is 113 cm³/mol. The summed E-state index contributed by atoms with van der Waals surface area (Å²) < 4.78 is 16.8. The van der Waals surface area contributed by atoms with Gasteiger partial charge in [-0.25, -0.2) is 0 Å². The Morgan fingerprint density at radius 3 is 2.66 bits per heavy atom. The highest BCUT2D eigenvalue weighted by atomic mass is 16.5. The van der Waals surface area contributed by atoms with Gasteiger partial charge in [-0.2, -0.15) is 0 Å². The highest BCUT2D eigenvalue weighted by Gasteiger charge is 2.14. The second-order valence-electron chi connectivity index (χ2n) is 7.59. The number of hydrogen-bond donors (Lipinski definition) is 2. The molecule has 0 unspecified atom stereocenters. The number of guanidine groups is 1. The van der Waals surface area contributed by atoms with Crippen LogP contribution in [0.25, 0.3) is 0 Å². The third-order valence-electron chi connectivity index (χ3n) is 4.93. The van der Waals surface area contributed by atoms with Crippen molar-refractivity contribution in [1.82, 2.24) is 15.8 Å².